The van der Waals surface area contributed by atoms with Gasteiger partial charge in [0.25, 0.3) is 0 Å². The minimum atomic E-state index is 0.00483. The summed E-state index contributed by atoms with van der Waals surface area (Å²) in [7, 11) is 2.06. The van der Waals surface area contributed by atoms with Crippen LogP contribution in [0.5, 0.6) is 0 Å². The van der Waals surface area contributed by atoms with Crippen LogP contribution in [-0.2, 0) is 9.53 Å². The second kappa shape index (κ2) is 8.41. The summed E-state index contributed by atoms with van der Waals surface area (Å²) in [6.07, 6.45) is 5.05. The number of anilines is 1. The lowest BCUT2D eigenvalue weighted by Gasteiger charge is -2.31. The summed E-state index contributed by atoms with van der Waals surface area (Å²) in [5, 5.41) is 0.894. The molecule has 0 aromatic carbocycles. The molecule has 1 amide bonds. The third-order valence-corrected chi connectivity index (χ3v) is 5.86. The van der Waals surface area contributed by atoms with Crippen molar-refractivity contribution < 1.29 is 13.9 Å². The van der Waals surface area contributed by atoms with Crippen molar-refractivity contribution in [2.45, 2.75) is 0 Å². The number of pyridine rings is 1. The number of fused-ring (bicyclic) bond motifs is 3. The molecule has 9 nitrogen and oxygen atoms in total. The lowest BCUT2D eigenvalue weighted by molar-refractivity contribution is -0.127. The summed E-state index contributed by atoms with van der Waals surface area (Å²) in [6, 6.07) is 1.91. The molecule has 0 unspecified atom stereocenters. The molecule has 2 aliphatic heterocycles. The van der Waals surface area contributed by atoms with E-state index in [1.54, 1.807) is 18.3 Å². The average molecular weight is 443 g/mol. The fourth-order valence-corrected chi connectivity index (χ4v) is 4.05. The van der Waals surface area contributed by atoms with Crippen LogP contribution in [0.4, 0.5) is 5.82 Å². The Morgan fingerprint density at radius 3 is 2.68 bits per heavy atom. The number of likely N-dealkylation sites (N-methyl/N-ethyl adjacent to an activating group) is 1. The number of carbonyl (C=O) groups is 1. The number of hydrogen-bond acceptors (Lipinski definition) is 8. The quantitative estimate of drug-likeness (QED) is 0.450. The zero-order valence-corrected chi connectivity index (χ0v) is 18.0. The second-order valence-electron chi connectivity index (χ2n) is 7.78. The maximum atomic E-state index is 12.5. The summed E-state index contributed by atoms with van der Waals surface area (Å²) >= 11 is 6.23. The van der Waals surface area contributed by atoms with Gasteiger partial charge in [-0.3, -0.25) is 4.79 Å². The standard InChI is InChI=1S/C21H23ClN6O3/c1-26-4-6-27(7-5-26)16(29)3-2-14-12-15-17-18(31-20(15)23-13-14)19(25-21(22)24-17)28-8-10-30-11-9-28/h2-3,12-13H,4-11H2,1H3/b3-2+. The van der Waals surface area contributed by atoms with E-state index in [1.165, 1.54) is 0 Å². The molecule has 2 aliphatic rings. The first-order valence-electron chi connectivity index (χ1n) is 10.3. The van der Waals surface area contributed by atoms with Crippen molar-refractivity contribution in [3.8, 4) is 0 Å². The van der Waals surface area contributed by atoms with Crippen molar-refractivity contribution >= 4 is 51.6 Å². The molecule has 0 spiro atoms. The van der Waals surface area contributed by atoms with Crippen molar-refractivity contribution in [1.82, 2.24) is 24.8 Å². The number of morpholine rings is 1. The fourth-order valence-electron chi connectivity index (χ4n) is 3.89. The van der Waals surface area contributed by atoms with Gasteiger partial charge in [-0.05, 0) is 36.4 Å². The van der Waals surface area contributed by atoms with Crippen molar-refractivity contribution in [2.24, 2.45) is 0 Å². The molecule has 10 heteroatoms. The average Bonchev–Trinajstić information content (AvgIpc) is 3.16. The maximum absolute atomic E-state index is 12.5. The zero-order valence-electron chi connectivity index (χ0n) is 17.3. The van der Waals surface area contributed by atoms with Gasteiger partial charge < -0.3 is 23.9 Å². The molecular weight excluding hydrogens is 420 g/mol. The van der Waals surface area contributed by atoms with E-state index >= 15 is 0 Å². The van der Waals surface area contributed by atoms with E-state index in [4.69, 9.17) is 20.8 Å². The largest absolute Gasteiger partial charge is 0.432 e. The predicted molar refractivity (Wildman–Crippen MR) is 118 cm³/mol. The molecule has 0 atom stereocenters. The summed E-state index contributed by atoms with van der Waals surface area (Å²) in [5.74, 6) is 0.656. The van der Waals surface area contributed by atoms with Gasteiger partial charge in [0.2, 0.25) is 16.9 Å². The molecule has 5 heterocycles. The Bertz CT molecular complexity index is 1150. The van der Waals surface area contributed by atoms with Crippen LogP contribution in [-0.4, -0.2) is 90.2 Å². The van der Waals surface area contributed by atoms with Crippen molar-refractivity contribution in [2.75, 3.05) is 64.4 Å². The van der Waals surface area contributed by atoms with E-state index in [0.29, 0.717) is 48.9 Å². The highest BCUT2D eigenvalue weighted by molar-refractivity contribution is 6.29. The first-order valence-corrected chi connectivity index (χ1v) is 10.7. The molecule has 3 aromatic rings. The van der Waals surface area contributed by atoms with Crippen LogP contribution in [0, 0.1) is 0 Å². The molecule has 2 fully saturated rings. The van der Waals surface area contributed by atoms with Gasteiger partial charge in [0, 0.05) is 51.5 Å². The predicted octanol–water partition coefficient (Wildman–Crippen LogP) is 2.05. The van der Waals surface area contributed by atoms with Crippen LogP contribution >= 0.6 is 11.6 Å². The fraction of sp³-hybridized carbons (Fsp3) is 0.429. The topological polar surface area (TPSA) is 87.8 Å². The lowest BCUT2D eigenvalue weighted by atomic mass is 10.2. The smallest absolute Gasteiger partial charge is 0.246 e. The van der Waals surface area contributed by atoms with Gasteiger partial charge in [-0.1, -0.05) is 0 Å². The van der Waals surface area contributed by atoms with Gasteiger partial charge in [0.1, 0.15) is 5.52 Å². The van der Waals surface area contributed by atoms with Crippen LogP contribution in [0.1, 0.15) is 5.56 Å². The SMILES string of the molecule is CN1CCN(C(=O)/C=C/c2cnc3oc4c(N5CCOCC5)nc(Cl)nc4c3c2)CC1. The Morgan fingerprint density at radius 2 is 1.90 bits per heavy atom. The molecule has 2 saturated heterocycles. The van der Waals surface area contributed by atoms with E-state index < -0.39 is 0 Å². The maximum Gasteiger partial charge on any atom is 0.246 e. The molecule has 0 N–H and O–H groups in total. The molecule has 0 aliphatic carbocycles. The van der Waals surface area contributed by atoms with Crippen molar-refractivity contribution in [3.05, 3.63) is 29.2 Å². The van der Waals surface area contributed by atoms with Gasteiger partial charge in [0.15, 0.2) is 11.4 Å². The van der Waals surface area contributed by atoms with E-state index in [0.717, 1.165) is 37.1 Å². The number of halogens is 1. The summed E-state index contributed by atoms with van der Waals surface area (Å²) in [5.41, 5.74) is 2.43. The summed E-state index contributed by atoms with van der Waals surface area (Å²) in [6.45, 7) is 5.91. The summed E-state index contributed by atoms with van der Waals surface area (Å²) in [4.78, 5) is 31.9. The van der Waals surface area contributed by atoms with Gasteiger partial charge in [-0.2, -0.15) is 4.98 Å². The molecule has 31 heavy (non-hydrogen) atoms. The number of hydrogen-bond donors (Lipinski definition) is 0. The number of rotatable bonds is 3. The van der Waals surface area contributed by atoms with Crippen LogP contribution in [0.3, 0.4) is 0 Å². The highest BCUT2D eigenvalue weighted by Gasteiger charge is 2.22. The van der Waals surface area contributed by atoms with Crippen molar-refractivity contribution in [3.63, 3.8) is 0 Å². The van der Waals surface area contributed by atoms with Crippen LogP contribution in [0.2, 0.25) is 5.28 Å². The number of furan rings is 1. The minimum Gasteiger partial charge on any atom is -0.432 e. The van der Waals surface area contributed by atoms with E-state index in [9.17, 15) is 4.79 Å². The molecule has 0 radical (unpaired) electrons. The number of ether oxygens (including phenoxy) is 1. The monoisotopic (exact) mass is 442 g/mol. The Kier molecular flexibility index (Phi) is 5.47. The molecular formula is C21H23ClN6O3. The Balaban J connectivity index is 1.46. The van der Waals surface area contributed by atoms with E-state index in [-0.39, 0.29) is 11.2 Å². The van der Waals surface area contributed by atoms with E-state index in [2.05, 4.69) is 31.8 Å². The van der Waals surface area contributed by atoms with Gasteiger partial charge in [0.05, 0.1) is 18.6 Å². The molecule has 5 rings (SSSR count). The minimum absolute atomic E-state index is 0.00483. The van der Waals surface area contributed by atoms with Crippen molar-refractivity contribution in [1.29, 1.82) is 0 Å². The van der Waals surface area contributed by atoms with Gasteiger partial charge >= 0.3 is 0 Å². The summed E-state index contributed by atoms with van der Waals surface area (Å²) < 4.78 is 11.4. The number of carbonyl (C=O) groups excluding carboxylic acids is 1. The normalized spacial score (nSPS) is 18.5. The third-order valence-electron chi connectivity index (χ3n) is 5.69. The number of piperazine rings is 1. The zero-order chi connectivity index (χ0) is 21.4. The molecule has 0 saturated carbocycles. The van der Waals surface area contributed by atoms with E-state index in [1.807, 2.05) is 11.0 Å². The van der Waals surface area contributed by atoms with Gasteiger partial charge in [-0.25, -0.2) is 9.97 Å². The Morgan fingerprint density at radius 1 is 1.13 bits per heavy atom. The first-order chi connectivity index (χ1) is 15.1. The second-order valence-corrected chi connectivity index (χ2v) is 8.12. The molecule has 162 valence electrons. The highest BCUT2D eigenvalue weighted by atomic mass is 35.5. The number of nitrogens with zero attached hydrogens (tertiary/aromatic N) is 6. The molecule has 3 aromatic heterocycles. The lowest BCUT2D eigenvalue weighted by Crippen LogP contribution is -2.46. The van der Waals surface area contributed by atoms with Crippen LogP contribution < -0.4 is 4.90 Å². The Hall–Kier alpha value is -2.75. The molecule has 0 bridgehead atoms. The number of aromatic nitrogens is 3. The highest BCUT2D eigenvalue weighted by Crippen LogP contribution is 2.33. The number of amides is 1. The third kappa shape index (κ3) is 4.08. The Labute approximate surface area is 184 Å². The first kappa shape index (κ1) is 20.2. The van der Waals surface area contributed by atoms with Crippen LogP contribution in [0.25, 0.3) is 28.3 Å². The van der Waals surface area contributed by atoms with Gasteiger partial charge in [-0.15, -0.1) is 0 Å². The van der Waals surface area contributed by atoms with Crippen LogP contribution in [0.15, 0.2) is 22.8 Å².